The molecule has 0 aliphatic rings. The number of para-hydroxylation sites is 1. The molecule has 2 N–H and O–H groups in total. The van der Waals surface area contributed by atoms with Crippen molar-refractivity contribution in [2.45, 2.75) is 26.3 Å². The summed E-state index contributed by atoms with van der Waals surface area (Å²) in [5.41, 5.74) is 6.95. The van der Waals surface area contributed by atoms with Gasteiger partial charge in [-0.05, 0) is 31.9 Å². The van der Waals surface area contributed by atoms with Crippen LogP contribution in [-0.4, -0.2) is 25.9 Å². The van der Waals surface area contributed by atoms with E-state index in [1.165, 1.54) is 0 Å². The Morgan fingerprint density at radius 3 is 2.69 bits per heavy atom. The Kier molecular flexibility index (Phi) is 5.90. The lowest BCUT2D eigenvalue weighted by Crippen LogP contribution is -2.18. The van der Waals surface area contributed by atoms with Crippen molar-refractivity contribution in [2.24, 2.45) is 5.73 Å². The molecule has 0 saturated heterocycles. The second kappa shape index (κ2) is 7.25. The summed E-state index contributed by atoms with van der Waals surface area (Å²) in [4.78, 5) is 0. The SMILES string of the molecule is CCOCCOc1ccccc1CC(C)N. The van der Waals surface area contributed by atoms with Crippen LogP contribution in [0.2, 0.25) is 0 Å². The zero-order valence-electron chi connectivity index (χ0n) is 10.1. The van der Waals surface area contributed by atoms with Gasteiger partial charge in [-0.2, -0.15) is 0 Å². The van der Waals surface area contributed by atoms with Gasteiger partial charge in [-0.15, -0.1) is 0 Å². The highest BCUT2D eigenvalue weighted by Crippen LogP contribution is 2.19. The second-order valence-corrected chi connectivity index (χ2v) is 3.83. The topological polar surface area (TPSA) is 44.5 Å². The molecule has 0 radical (unpaired) electrons. The fourth-order valence-electron chi connectivity index (χ4n) is 1.52. The summed E-state index contributed by atoms with van der Waals surface area (Å²) in [6, 6.07) is 8.16. The van der Waals surface area contributed by atoms with E-state index >= 15 is 0 Å². The summed E-state index contributed by atoms with van der Waals surface area (Å²) < 4.78 is 10.9. The van der Waals surface area contributed by atoms with Crippen LogP contribution in [0.25, 0.3) is 0 Å². The molecule has 0 aromatic heterocycles. The summed E-state index contributed by atoms with van der Waals surface area (Å²) in [6.45, 7) is 5.92. The quantitative estimate of drug-likeness (QED) is 0.719. The van der Waals surface area contributed by atoms with Crippen LogP contribution < -0.4 is 10.5 Å². The zero-order valence-corrected chi connectivity index (χ0v) is 10.1. The van der Waals surface area contributed by atoms with Crippen molar-refractivity contribution in [3.8, 4) is 5.75 Å². The molecule has 1 atom stereocenters. The van der Waals surface area contributed by atoms with Crippen molar-refractivity contribution in [3.63, 3.8) is 0 Å². The van der Waals surface area contributed by atoms with Crippen LogP contribution in [0, 0.1) is 0 Å². The number of hydrogen-bond donors (Lipinski definition) is 1. The van der Waals surface area contributed by atoms with Crippen LogP contribution in [0.15, 0.2) is 24.3 Å². The highest BCUT2D eigenvalue weighted by atomic mass is 16.5. The Hall–Kier alpha value is -1.06. The Morgan fingerprint density at radius 1 is 1.25 bits per heavy atom. The maximum atomic E-state index is 5.79. The highest BCUT2D eigenvalue weighted by Gasteiger charge is 2.04. The summed E-state index contributed by atoms with van der Waals surface area (Å²) in [5, 5.41) is 0. The van der Waals surface area contributed by atoms with Crippen LogP contribution in [0.5, 0.6) is 5.75 Å². The van der Waals surface area contributed by atoms with E-state index in [-0.39, 0.29) is 6.04 Å². The van der Waals surface area contributed by atoms with Gasteiger partial charge >= 0.3 is 0 Å². The first-order valence-electron chi connectivity index (χ1n) is 5.78. The average Bonchev–Trinajstić information content (AvgIpc) is 2.26. The van der Waals surface area contributed by atoms with Crippen molar-refractivity contribution >= 4 is 0 Å². The molecule has 1 aromatic rings. The molecule has 3 heteroatoms. The molecule has 0 aliphatic carbocycles. The Balaban J connectivity index is 2.50. The zero-order chi connectivity index (χ0) is 11.8. The lowest BCUT2D eigenvalue weighted by atomic mass is 10.1. The van der Waals surface area contributed by atoms with Gasteiger partial charge in [0.2, 0.25) is 0 Å². The summed E-state index contributed by atoms with van der Waals surface area (Å²) in [7, 11) is 0. The van der Waals surface area contributed by atoms with Crippen molar-refractivity contribution in [1.29, 1.82) is 0 Å². The molecule has 16 heavy (non-hydrogen) atoms. The first kappa shape index (κ1) is 13.0. The highest BCUT2D eigenvalue weighted by molar-refractivity contribution is 5.33. The molecule has 0 bridgehead atoms. The Bertz CT molecular complexity index is 300. The minimum atomic E-state index is 0.150. The fourth-order valence-corrected chi connectivity index (χ4v) is 1.52. The van der Waals surface area contributed by atoms with Crippen LogP contribution in [0.4, 0.5) is 0 Å². The lowest BCUT2D eigenvalue weighted by Gasteiger charge is -2.12. The summed E-state index contributed by atoms with van der Waals surface area (Å²) in [6.07, 6.45) is 0.838. The maximum Gasteiger partial charge on any atom is 0.122 e. The van der Waals surface area contributed by atoms with E-state index in [9.17, 15) is 0 Å². The van der Waals surface area contributed by atoms with E-state index in [2.05, 4.69) is 6.07 Å². The molecular weight excluding hydrogens is 202 g/mol. The predicted molar refractivity (Wildman–Crippen MR) is 65.8 cm³/mol. The molecule has 90 valence electrons. The van der Waals surface area contributed by atoms with Crippen molar-refractivity contribution in [3.05, 3.63) is 29.8 Å². The molecule has 0 amide bonds. The smallest absolute Gasteiger partial charge is 0.122 e. The number of rotatable bonds is 7. The number of nitrogens with two attached hydrogens (primary N) is 1. The molecule has 0 saturated carbocycles. The van der Waals surface area contributed by atoms with Gasteiger partial charge in [0.05, 0.1) is 6.61 Å². The van der Waals surface area contributed by atoms with E-state index in [0.717, 1.165) is 24.3 Å². The lowest BCUT2D eigenvalue weighted by molar-refractivity contribution is 0.110. The fraction of sp³-hybridized carbons (Fsp3) is 0.538. The molecule has 0 aliphatic heterocycles. The normalized spacial score (nSPS) is 12.4. The van der Waals surface area contributed by atoms with Crippen LogP contribution in [0.1, 0.15) is 19.4 Å². The molecular formula is C13H21NO2. The van der Waals surface area contributed by atoms with Gasteiger partial charge < -0.3 is 15.2 Å². The molecule has 1 unspecified atom stereocenters. The van der Waals surface area contributed by atoms with Gasteiger partial charge in [-0.25, -0.2) is 0 Å². The van der Waals surface area contributed by atoms with Gasteiger partial charge in [0, 0.05) is 12.6 Å². The molecule has 0 spiro atoms. The molecule has 1 aromatic carbocycles. The average molecular weight is 223 g/mol. The summed E-state index contributed by atoms with van der Waals surface area (Å²) in [5.74, 6) is 0.916. The number of benzene rings is 1. The second-order valence-electron chi connectivity index (χ2n) is 3.83. The van der Waals surface area contributed by atoms with Gasteiger partial charge in [0.25, 0.3) is 0 Å². The third kappa shape index (κ3) is 4.64. The van der Waals surface area contributed by atoms with Crippen molar-refractivity contribution in [2.75, 3.05) is 19.8 Å². The molecule has 0 fully saturated rings. The molecule has 0 heterocycles. The standard InChI is InChI=1S/C13H21NO2/c1-3-15-8-9-16-13-7-5-4-6-12(13)10-11(2)14/h4-7,11H,3,8-10,14H2,1-2H3. The monoisotopic (exact) mass is 223 g/mol. The third-order valence-corrected chi connectivity index (χ3v) is 2.20. The summed E-state index contributed by atoms with van der Waals surface area (Å²) >= 11 is 0. The van der Waals surface area contributed by atoms with Crippen LogP contribution >= 0.6 is 0 Å². The first-order valence-corrected chi connectivity index (χ1v) is 5.78. The predicted octanol–water partition coefficient (Wildman–Crippen LogP) is 1.99. The van der Waals surface area contributed by atoms with E-state index in [1.807, 2.05) is 32.0 Å². The van der Waals surface area contributed by atoms with E-state index < -0.39 is 0 Å². The van der Waals surface area contributed by atoms with Gasteiger partial charge in [-0.3, -0.25) is 0 Å². The Morgan fingerprint density at radius 2 is 2.00 bits per heavy atom. The van der Waals surface area contributed by atoms with Crippen molar-refractivity contribution < 1.29 is 9.47 Å². The molecule has 3 nitrogen and oxygen atoms in total. The van der Waals surface area contributed by atoms with Crippen LogP contribution in [-0.2, 0) is 11.2 Å². The third-order valence-electron chi connectivity index (χ3n) is 2.20. The van der Waals surface area contributed by atoms with Crippen molar-refractivity contribution in [1.82, 2.24) is 0 Å². The van der Waals surface area contributed by atoms with Gasteiger partial charge in [0.1, 0.15) is 12.4 Å². The van der Waals surface area contributed by atoms with Gasteiger partial charge in [-0.1, -0.05) is 18.2 Å². The number of hydrogen-bond acceptors (Lipinski definition) is 3. The van der Waals surface area contributed by atoms with Gasteiger partial charge in [0.15, 0.2) is 0 Å². The maximum absolute atomic E-state index is 5.79. The van der Waals surface area contributed by atoms with E-state index in [4.69, 9.17) is 15.2 Å². The first-order chi connectivity index (χ1) is 7.74. The van der Waals surface area contributed by atoms with E-state index in [1.54, 1.807) is 0 Å². The van der Waals surface area contributed by atoms with E-state index in [0.29, 0.717) is 13.2 Å². The minimum Gasteiger partial charge on any atom is -0.491 e. The Labute approximate surface area is 97.6 Å². The largest absolute Gasteiger partial charge is 0.491 e. The van der Waals surface area contributed by atoms with Crippen LogP contribution in [0.3, 0.4) is 0 Å². The molecule has 1 rings (SSSR count). The minimum absolute atomic E-state index is 0.150. The number of ether oxygens (including phenoxy) is 2.